The third-order valence-electron chi connectivity index (χ3n) is 6.98. The van der Waals surface area contributed by atoms with Crippen molar-refractivity contribution in [2.75, 3.05) is 11.9 Å². The highest BCUT2D eigenvalue weighted by Crippen LogP contribution is 2.39. The Balaban J connectivity index is 2.14. The number of aliphatic hydroxyl groups is 1. The van der Waals surface area contributed by atoms with Gasteiger partial charge in [0.2, 0.25) is 0 Å². The van der Waals surface area contributed by atoms with Gasteiger partial charge in [0.1, 0.15) is 29.9 Å². The molecule has 1 fully saturated rings. The number of hydrogen-bond donors (Lipinski definition) is 3. The number of amides is 1. The lowest BCUT2D eigenvalue weighted by atomic mass is 10.1. The Labute approximate surface area is 222 Å². The maximum Gasteiger partial charge on any atom is 0.408 e. The normalized spacial score (nSPS) is 22.2. The average Bonchev–Trinajstić information content (AvgIpc) is 3.11. The summed E-state index contributed by atoms with van der Waals surface area (Å²) in [6, 6.07) is -0.917. The summed E-state index contributed by atoms with van der Waals surface area (Å²) in [5.74, 6) is -0.00678. The zero-order valence-corrected chi connectivity index (χ0v) is 25.0. The molecule has 11 heteroatoms. The van der Waals surface area contributed by atoms with Gasteiger partial charge in [-0.2, -0.15) is 0 Å². The van der Waals surface area contributed by atoms with Crippen molar-refractivity contribution in [3.05, 3.63) is 18.1 Å². The Morgan fingerprint density at radius 2 is 1.81 bits per heavy atom. The quantitative estimate of drug-likeness (QED) is 0.305. The first-order chi connectivity index (χ1) is 16.9. The number of nitrogens with zero attached hydrogens (tertiary/aromatic N) is 2. The minimum absolute atomic E-state index is 0.0406. The summed E-state index contributed by atoms with van der Waals surface area (Å²) in [6.07, 6.45) is 2.46. The minimum atomic E-state index is -2.02. The molecule has 1 aliphatic carbocycles. The van der Waals surface area contributed by atoms with Crippen LogP contribution < -0.4 is 10.6 Å². The zero-order chi connectivity index (χ0) is 28.2. The summed E-state index contributed by atoms with van der Waals surface area (Å²) in [6.45, 7) is 19.9. The lowest BCUT2D eigenvalue weighted by Gasteiger charge is -2.37. The van der Waals surface area contributed by atoms with Gasteiger partial charge in [0.25, 0.3) is 0 Å². The summed E-state index contributed by atoms with van der Waals surface area (Å²) in [7, 11) is -2.02. The van der Waals surface area contributed by atoms with E-state index in [1.165, 1.54) is 6.33 Å². The first-order valence-corrected chi connectivity index (χ1v) is 15.9. The predicted octanol–water partition coefficient (Wildman–Crippen LogP) is 4.57. The highest BCUT2D eigenvalue weighted by Gasteiger charge is 2.42. The maximum atomic E-state index is 12.9. The first-order valence-electron chi connectivity index (χ1n) is 13.0. The van der Waals surface area contributed by atoms with Gasteiger partial charge in [-0.3, -0.25) is 0 Å². The summed E-state index contributed by atoms with van der Waals surface area (Å²) in [5.41, 5.74) is -0.0666. The van der Waals surface area contributed by atoms with Crippen molar-refractivity contribution in [2.24, 2.45) is 5.92 Å². The Hall–Kier alpha value is -2.24. The van der Waals surface area contributed by atoms with Crippen LogP contribution in [0.4, 0.5) is 10.6 Å². The van der Waals surface area contributed by atoms with Gasteiger partial charge in [-0.1, -0.05) is 20.8 Å². The Morgan fingerprint density at radius 3 is 2.38 bits per heavy atom. The Kier molecular flexibility index (Phi) is 10.1. The third kappa shape index (κ3) is 9.22. The number of alkyl carbamates (subject to hydrolysis) is 1. The van der Waals surface area contributed by atoms with E-state index >= 15 is 0 Å². The van der Waals surface area contributed by atoms with E-state index in [2.05, 4.69) is 54.5 Å². The van der Waals surface area contributed by atoms with Crippen molar-refractivity contribution in [3.8, 4) is 0 Å². The van der Waals surface area contributed by atoms with Gasteiger partial charge in [-0.15, -0.1) is 0 Å². The average molecular weight is 539 g/mol. The van der Waals surface area contributed by atoms with E-state index in [4.69, 9.17) is 13.9 Å². The molecular weight excluding hydrogens is 492 g/mol. The number of esters is 1. The van der Waals surface area contributed by atoms with Crippen molar-refractivity contribution in [3.63, 3.8) is 0 Å². The highest BCUT2D eigenvalue weighted by molar-refractivity contribution is 6.74. The Bertz CT molecular complexity index is 928. The fraction of sp³-hybridized carbons (Fsp3) is 0.769. The smallest absolute Gasteiger partial charge is 0.408 e. The molecular formula is C26H46N4O6Si. The van der Waals surface area contributed by atoms with Crippen molar-refractivity contribution in [2.45, 2.75) is 116 Å². The Morgan fingerprint density at radius 1 is 1.16 bits per heavy atom. The lowest BCUT2D eigenvalue weighted by molar-refractivity contribution is -0.153. The number of aromatic nitrogens is 2. The second kappa shape index (κ2) is 12.1. The summed E-state index contributed by atoms with van der Waals surface area (Å²) in [5, 5.41) is 16.1. The summed E-state index contributed by atoms with van der Waals surface area (Å²) in [4.78, 5) is 33.4. The lowest BCUT2D eigenvalue weighted by Crippen LogP contribution is -2.45. The molecule has 1 amide bonds. The summed E-state index contributed by atoms with van der Waals surface area (Å²) < 4.78 is 17.7. The van der Waals surface area contributed by atoms with Crippen LogP contribution >= 0.6 is 0 Å². The largest absolute Gasteiger partial charge is 0.460 e. The molecule has 1 aromatic rings. The standard InChI is InChI=1S/C26H46N4O6Si/c1-16(29-24(33)36-25(3,4)5)23(32)35-21-12-19(30-22-20(17(2)31)13-27-15-28-22)11-18(21)14-34-37(9,10)26(6,7)8/h13,15-19,21,31H,11-12,14H2,1-10H3,(H,29,33)(H,27,28,30)/t16-,17?,18+,19+,21-/m0/s1. The van der Waals surface area contributed by atoms with Gasteiger partial charge in [-0.25, -0.2) is 19.6 Å². The fourth-order valence-electron chi connectivity index (χ4n) is 3.81. The summed E-state index contributed by atoms with van der Waals surface area (Å²) >= 11 is 0. The molecule has 1 heterocycles. The van der Waals surface area contributed by atoms with E-state index in [-0.39, 0.29) is 17.0 Å². The highest BCUT2D eigenvalue weighted by atomic mass is 28.4. The molecule has 2 rings (SSSR count). The second-order valence-corrected chi connectivity index (χ2v) is 17.3. The van der Waals surface area contributed by atoms with E-state index in [9.17, 15) is 14.7 Å². The van der Waals surface area contributed by atoms with Crippen molar-refractivity contribution in [1.82, 2.24) is 15.3 Å². The van der Waals surface area contributed by atoms with E-state index < -0.39 is 44.2 Å². The number of rotatable bonds is 9. The van der Waals surface area contributed by atoms with Gasteiger partial charge in [-0.05, 0) is 59.2 Å². The van der Waals surface area contributed by atoms with E-state index in [0.29, 0.717) is 30.8 Å². The predicted molar refractivity (Wildman–Crippen MR) is 145 cm³/mol. The van der Waals surface area contributed by atoms with E-state index in [1.54, 1.807) is 40.8 Å². The minimum Gasteiger partial charge on any atom is -0.460 e. The van der Waals surface area contributed by atoms with Crippen LogP contribution in [0.1, 0.15) is 79.9 Å². The van der Waals surface area contributed by atoms with Crippen LogP contribution in [0, 0.1) is 5.92 Å². The van der Waals surface area contributed by atoms with Crippen LogP contribution in [0.5, 0.6) is 0 Å². The third-order valence-corrected chi connectivity index (χ3v) is 11.5. The van der Waals surface area contributed by atoms with Crippen LogP contribution in [-0.4, -0.2) is 65.9 Å². The number of anilines is 1. The molecule has 1 saturated carbocycles. The molecule has 0 saturated heterocycles. The van der Waals surface area contributed by atoms with Crippen LogP contribution in [0.2, 0.25) is 18.1 Å². The number of nitrogens with one attached hydrogen (secondary N) is 2. The zero-order valence-electron chi connectivity index (χ0n) is 24.0. The first kappa shape index (κ1) is 31.0. The monoisotopic (exact) mass is 538 g/mol. The van der Waals surface area contributed by atoms with E-state index in [0.717, 1.165) is 0 Å². The molecule has 3 N–H and O–H groups in total. The maximum absolute atomic E-state index is 12.9. The number of ether oxygens (including phenoxy) is 2. The fourth-order valence-corrected chi connectivity index (χ4v) is 4.87. The van der Waals surface area contributed by atoms with Crippen LogP contribution in [0.15, 0.2) is 12.5 Å². The molecule has 0 aromatic carbocycles. The number of carbonyl (C=O) groups is 2. The van der Waals surface area contributed by atoms with Gasteiger partial charge < -0.3 is 29.6 Å². The van der Waals surface area contributed by atoms with Crippen LogP contribution in [-0.2, 0) is 18.7 Å². The number of aliphatic hydroxyl groups excluding tert-OH is 1. The van der Waals surface area contributed by atoms with Crippen LogP contribution in [0.25, 0.3) is 0 Å². The van der Waals surface area contributed by atoms with Gasteiger partial charge in [0.05, 0.1) is 6.10 Å². The molecule has 1 aliphatic rings. The molecule has 37 heavy (non-hydrogen) atoms. The molecule has 0 aliphatic heterocycles. The molecule has 10 nitrogen and oxygen atoms in total. The molecule has 0 spiro atoms. The molecule has 0 radical (unpaired) electrons. The van der Waals surface area contributed by atoms with E-state index in [1.807, 2.05) is 0 Å². The topological polar surface area (TPSA) is 132 Å². The second-order valence-electron chi connectivity index (χ2n) is 12.5. The van der Waals surface area contributed by atoms with Gasteiger partial charge in [0, 0.05) is 36.7 Å². The molecule has 1 unspecified atom stereocenters. The van der Waals surface area contributed by atoms with Gasteiger partial charge in [0.15, 0.2) is 8.32 Å². The number of hydrogen-bond acceptors (Lipinski definition) is 9. The molecule has 5 atom stereocenters. The molecule has 0 bridgehead atoms. The molecule has 210 valence electrons. The van der Waals surface area contributed by atoms with Crippen molar-refractivity contribution < 1.29 is 28.6 Å². The van der Waals surface area contributed by atoms with Crippen LogP contribution in [0.3, 0.4) is 0 Å². The number of carbonyl (C=O) groups excluding carboxylic acids is 2. The van der Waals surface area contributed by atoms with Crippen molar-refractivity contribution in [1.29, 1.82) is 0 Å². The van der Waals surface area contributed by atoms with Crippen molar-refractivity contribution >= 4 is 26.2 Å². The molecule has 1 aromatic heterocycles. The SMILES string of the molecule is CC(O)c1cncnc1N[C@@H]1C[C@H](CO[Si](C)(C)C(C)(C)C)[C@@H](OC(=O)[C@H](C)NC(=O)OC(C)(C)C)C1. The van der Waals surface area contributed by atoms with Gasteiger partial charge >= 0.3 is 12.1 Å².